The molecule has 2 aliphatic rings. The fraction of sp³-hybridized carbons (Fsp3) is 0.429. The van der Waals surface area contributed by atoms with E-state index in [-0.39, 0.29) is 23.0 Å². The number of amides is 1. The summed E-state index contributed by atoms with van der Waals surface area (Å²) < 4.78 is 32.9. The molecule has 1 aliphatic carbocycles. The quantitative estimate of drug-likeness (QED) is 0.779. The van der Waals surface area contributed by atoms with Crippen LogP contribution in [0, 0.1) is 11.3 Å². The van der Waals surface area contributed by atoms with Gasteiger partial charge in [-0.1, -0.05) is 0 Å². The number of carbonyl (C=O) groups is 1. The zero-order valence-electron chi connectivity index (χ0n) is 16.8. The Morgan fingerprint density at radius 1 is 1.20 bits per heavy atom. The molecule has 1 aliphatic heterocycles. The van der Waals surface area contributed by atoms with Gasteiger partial charge >= 0.3 is 0 Å². The molecule has 4 rings (SSSR count). The van der Waals surface area contributed by atoms with Crippen LogP contribution in [0.1, 0.15) is 46.6 Å². The number of carbonyl (C=O) groups excluding carboxylic acids is 1. The highest BCUT2D eigenvalue weighted by molar-refractivity contribution is 7.89. The number of fused-ring (bicyclic) bond motifs is 1. The van der Waals surface area contributed by atoms with Gasteiger partial charge in [-0.2, -0.15) is 9.57 Å². The van der Waals surface area contributed by atoms with Crippen molar-refractivity contribution in [2.24, 2.45) is 0 Å². The number of hydrogen-bond donors (Lipinski definition) is 1. The van der Waals surface area contributed by atoms with Crippen molar-refractivity contribution in [2.75, 3.05) is 18.4 Å². The lowest BCUT2D eigenvalue weighted by molar-refractivity contribution is -0.0440. The smallest absolute Gasteiger partial charge is 0.256 e. The van der Waals surface area contributed by atoms with E-state index in [4.69, 9.17) is 4.74 Å². The number of hydrogen-bond acceptors (Lipinski definition) is 6. The van der Waals surface area contributed by atoms with Crippen molar-refractivity contribution < 1.29 is 17.9 Å². The molecule has 1 aromatic carbocycles. The maximum atomic E-state index is 12.9. The molecule has 1 N–H and O–H groups in total. The Balaban J connectivity index is 1.51. The second-order valence-electron chi connectivity index (χ2n) is 7.73. The van der Waals surface area contributed by atoms with Crippen LogP contribution in [0.3, 0.4) is 0 Å². The van der Waals surface area contributed by atoms with Crippen molar-refractivity contribution in [3.8, 4) is 6.07 Å². The lowest BCUT2D eigenvalue weighted by atomic mass is 10.1. The number of rotatable bonds is 4. The normalized spacial score (nSPS) is 21.8. The van der Waals surface area contributed by atoms with Crippen LogP contribution in [-0.4, -0.2) is 43.9 Å². The number of nitrogens with one attached hydrogen (secondary N) is 1. The van der Waals surface area contributed by atoms with Crippen molar-refractivity contribution in [1.82, 2.24) is 4.31 Å². The van der Waals surface area contributed by atoms with Crippen LogP contribution in [0.2, 0.25) is 0 Å². The topological polar surface area (TPSA) is 99.5 Å². The molecule has 1 amide bonds. The summed E-state index contributed by atoms with van der Waals surface area (Å²) in [5.41, 5.74) is 1.94. The molecule has 0 radical (unpaired) electrons. The van der Waals surface area contributed by atoms with Crippen LogP contribution in [0.15, 0.2) is 29.2 Å². The fourth-order valence-electron chi connectivity index (χ4n) is 4.04. The van der Waals surface area contributed by atoms with Crippen LogP contribution < -0.4 is 5.32 Å². The predicted octanol–water partition coefficient (Wildman–Crippen LogP) is 3.16. The van der Waals surface area contributed by atoms with Crippen molar-refractivity contribution in [3.63, 3.8) is 0 Å². The largest absolute Gasteiger partial charge is 0.373 e. The highest BCUT2D eigenvalue weighted by Gasteiger charge is 2.32. The van der Waals surface area contributed by atoms with E-state index in [9.17, 15) is 18.5 Å². The second-order valence-corrected chi connectivity index (χ2v) is 10.8. The van der Waals surface area contributed by atoms with E-state index in [1.54, 1.807) is 0 Å². The Morgan fingerprint density at radius 2 is 1.87 bits per heavy atom. The van der Waals surface area contributed by atoms with Gasteiger partial charge in [-0.15, -0.1) is 11.3 Å². The molecule has 0 spiro atoms. The third-order valence-corrected chi connectivity index (χ3v) is 8.45. The van der Waals surface area contributed by atoms with E-state index in [1.807, 2.05) is 13.8 Å². The number of nitriles is 1. The first-order valence-corrected chi connectivity index (χ1v) is 12.2. The number of nitrogens with zero attached hydrogens (tertiary/aromatic N) is 2. The number of anilines is 1. The predicted molar refractivity (Wildman–Crippen MR) is 114 cm³/mol. The third kappa shape index (κ3) is 3.88. The van der Waals surface area contributed by atoms with Gasteiger partial charge in [0, 0.05) is 23.5 Å². The molecule has 0 saturated carbocycles. The highest BCUT2D eigenvalue weighted by Crippen LogP contribution is 2.38. The molecule has 0 bridgehead atoms. The van der Waals surface area contributed by atoms with Crippen LogP contribution >= 0.6 is 11.3 Å². The van der Waals surface area contributed by atoms with Gasteiger partial charge in [0.15, 0.2) is 0 Å². The van der Waals surface area contributed by atoms with Gasteiger partial charge in [0.2, 0.25) is 10.0 Å². The molecule has 1 aromatic heterocycles. The minimum absolute atomic E-state index is 0.146. The molecule has 2 aromatic rings. The SMILES string of the molecule is CC1CN(S(=O)(=O)c2ccc(C(=O)Nc3sc4c(c3C#N)CCC4)cc2)CC(C)O1. The molecule has 30 heavy (non-hydrogen) atoms. The maximum Gasteiger partial charge on any atom is 0.256 e. The van der Waals surface area contributed by atoms with E-state index >= 15 is 0 Å². The first-order chi connectivity index (χ1) is 14.3. The zero-order chi connectivity index (χ0) is 21.5. The molecule has 1 fully saturated rings. The van der Waals surface area contributed by atoms with Crippen molar-refractivity contribution >= 4 is 32.3 Å². The van der Waals surface area contributed by atoms with Gasteiger partial charge in [0.1, 0.15) is 11.1 Å². The van der Waals surface area contributed by atoms with Gasteiger partial charge in [-0.3, -0.25) is 4.79 Å². The molecule has 9 heteroatoms. The molecular weight excluding hydrogens is 422 g/mol. The summed E-state index contributed by atoms with van der Waals surface area (Å²) in [6, 6.07) is 8.12. The van der Waals surface area contributed by atoms with Gasteiger partial charge < -0.3 is 10.1 Å². The summed E-state index contributed by atoms with van der Waals surface area (Å²) >= 11 is 1.45. The van der Waals surface area contributed by atoms with Crippen LogP contribution in [0.25, 0.3) is 0 Å². The second kappa shape index (κ2) is 8.12. The summed E-state index contributed by atoms with van der Waals surface area (Å²) in [6.45, 7) is 4.30. The van der Waals surface area contributed by atoms with Crippen LogP contribution in [0.4, 0.5) is 5.00 Å². The summed E-state index contributed by atoms with van der Waals surface area (Å²) in [5.74, 6) is -0.357. The third-order valence-electron chi connectivity index (χ3n) is 5.40. The van der Waals surface area contributed by atoms with E-state index < -0.39 is 10.0 Å². The van der Waals surface area contributed by atoms with Crippen molar-refractivity contribution in [3.05, 3.63) is 45.8 Å². The Kier molecular flexibility index (Phi) is 5.68. The van der Waals surface area contributed by atoms with Gasteiger partial charge in [-0.25, -0.2) is 8.42 Å². The minimum Gasteiger partial charge on any atom is -0.373 e. The lowest BCUT2D eigenvalue weighted by Crippen LogP contribution is -2.48. The Morgan fingerprint density at radius 3 is 2.50 bits per heavy atom. The molecule has 7 nitrogen and oxygen atoms in total. The van der Waals surface area contributed by atoms with Gasteiger partial charge in [-0.05, 0) is 62.9 Å². The molecule has 1 saturated heterocycles. The Labute approximate surface area is 180 Å². The summed E-state index contributed by atoms with van der Waals surface area (Å²) in [5, 5.41) is 12.9. The van der Waals surface area contributed by atoms with Gasteiger partial charge in [0.05, 0.1) is 22.7 Å². The van der Waals surface area contributed by atoms with Gasteiger partial charge in [0.25, 0.3) is 5.91 Å². The monoisotopic (exact) mass is 445 g/mol. The molecule has 158 valence electrons. The Hall–Kier alpha value is -2.25. The minimum atomic E-state index is -3.66. The summed E-state index contributed by atoms with van der Waals surface area (Å²) in [7, 11) is -3.66. The number of sulfonamides is 1. The molecular formula is C21H23N3O4S2. The van der Waals surface area contributed by atoms with Crippen molar-refractivity contribution in [2.45, 2.75) is 50.2 Å². The van der Waals surface area contributed by atoms with E-state index in [2.05, 4.69) is 11.4 Å². The van der Waals surface area contributed by atoms with Crippen LogP contribution in [0.5, 0.6) is 0 Å². The van der Waals surface area contributed by atoms with E-state index in [1.165, 1.54) is 39.9 Å². The average molecular weight is 446 g/mol. The standard InChI is InChI=1S/C21H23N3O4S2/c1-13-11-24(12-14(2)28-13)30(26,27)16-8-6-15(7-9-16)20(25)23-21-18(10-22)17-4-3-5-19(17)29-21/h6-9,13-14H,3-5,11-12H2,1-2H3,(H,23,25). The van der Waals surface area contributed by atoms with Crippen molar-refractivity contribution in [1.29, 1.82) is 5.26 Å². The maximum absolute atomic E-state index is 12.9. The fourth-order valence-corrected chi connectivity index (χ4v) is 6.87. The number of morpholine rings is 1. The zero-order valence-corrected chi connectivity index (χ0v) is 18.5. The highest BCUT2D eigenvalue weighted by atomic mass is 32.2. The number of ether oxygens (including phenoxy) is 1. The lowest BCUT2D eigenvalue weighted by Gasteiger charge is -2.34. The van der Waals surface area contributed by atoms with E-state index in [0.29, 0.717) is 29.2 Å². The first-order valence-electron chi connectivity index (χ1n) is 9.91. The molecule has 2 unspecified atom stereocenters. The molecule has 2 heterocycles. The number of aryl methyl sites for hydroxylation is 1. The summed E-state index contributed by atoms with van der Waals surface area (Å²) in [6.07, 6.45) is 2.51. The Bertz CT molecular complexity index is 1110. The number of thiophene rings is 1. The average Bonchev–Trinajstić information content (AvgIpc) is 3.28. The first kappa shape index (κ1) is 21.0. The summed E-state index contributed by atoms with van der Waals surface area (Å²) in [4.78, 5) is 14.0. The number of benzene rings is 1. The van der Waals surface area contributed by atoms with E-state index in [0.717, 1.165) is 29.7 Å². The van der Waals surface area contributed by atoms with Crippen LogP contribution in [-0.2, 0) is 27.6 Å². The molecule has 2 atom stereocenters.